The molecule has 0 heterocycles. The predicted molar refractivity (Wildman–Crippen MR) is 77.5 cm³/mol. The summed E-state index contributed by atoms with van der Waals surface area (Å²) in [7, 11) is 0. The third-order valence-corrected chi connectivity index (χ3v) is 6.82. The van der Waals surface area contributed by atoms with E-state index in [0.29, 0.717) is 30.7 Å². The van der Waals surface area contributed by atoms with Crippen LogP contribution in [0.2, 0.25) is 0 Å². The third-order valence-electron chi connectivity index (χ3n) is 6.82. The quantitative estimate of drug-likeness (QED) is 0.836. The molecule has 0 aromatic rings. The average molecular weight is 291 g/mol. The Morgan fingerprint density at radius 2 is 1.57 bits per heavy atom. The molecule has 5 saturated carbocycles. The number of carboxylic acids is 1. The summed E-state index contributed by atoms with van der Waals surface area (Å²) in [6.45, 7) is 0. The van der Waals surface area contributed by atoms with Gasteiger partial charge < -0.3 is 10.4 Å². The highest BCUT2D eigenvalue weighted by Crippen LogP contribution is 2.54. The Morgan fingerprint density at radius 1 is 1.00 bits per heavy atom. The van der Waals surface area contributed by atoms with E-state index in [1.165, 1.54) is 32.1 Å². The van der Waals surface area contributed by atoms with Gasteiger partial charge in [0.05, 0.1) is 5.41 Å². The van der Waals surface area contributed by atoms with Crippen molar-refractivity contribution in [2.24, 2.45) is 29.1 Å². The van der Waals surface area contributed by atoms with E-state index in [9.17, 15) is 14.7 Å². The highest BCUT2D eigenvalue weighted by atomic mass is 16.4. The number of hydrogen-bond acceptors (Lipinski definition) is 2. The summed E-state index contributed by atoms with van der Waals surface area (Å²) in [4.78, 5) is 23.8. The van der Waals surface area contributed by atoms with Gasteiger partial charge in [0.15, 0.2) is 0 Å². The zero-order valence-corrected chi connectivity index (χ0v) is 12.5. The van der Waals surface area contributed by atoms with Crippen LogP contribution < -0.4 is 5.32 Å². The minimum Gasteiger partial charge on any atom is -0.481 e. The van der Waals surface area contributed by atoms with E-state index in [2.05, 4.69) is 5.32 Å². The number of carboxylic acid groups (broad SMARTS) is 1. The molecule has 5 aliphatic rings. The van der Waals surface area contributed by atoms with Gasteiger partial charge in [-0.05, 0) is 68.6 Å². The second-order valence-corrected chi connectivity index (χ2v) is 8.14. The maximum atomic E-state index is 12.4. The molecule has 0 aliphatic heterocycles. The molecular weight excluding hydrogens is 266 g/mol. The summed E-state index contributed by atoms with van der Waals surface area (Å²) in [6, 6.07) is 0.330. The highest BCUT2D eigenvalue weighted by Gasteiger charge is 2.50. The number of carbonyl (C=O) groups excluding carboxylic acids is 1. The highest BCUT2D eigenvalue weighted by molar-refractivity contribution is 5.85. The zero-order chi connectivity index (χ0) is 14.6. The maximum Gasteiger partial charge on any atom is 0.310 e. The number of amides is 1. The van der Waals surface area contributed by atoms with Crippen LogP contribution >= 0.6 is 0 Å². The Morgan fingerprint density at radius 3 is 2.00 bits per heavy atom. The summed E-state index contributed by atoms with van der Waals surface area (Å²) in [5.41, 5.74) is -0.754. The molecule has 2 N–H and O–H groups in total. The van der Waals surface area contributed by atoms with E-state index < -0.39 is 11.4 Å². The van der Waals surface area contributed by atoms with Crippen LogP contribution in [0.3, 0.4) is 0 Å². The molecule has 0 aromatic carbocycles. The molecule has 0 aromatic heterocycles. The molecule has 5 rings (SSSR count). The minimum absolute atomic E-state index is 0.0189. The Balaban J connectivity index is 1.40. The molecule has 4 bridgehead atoms. The summed E-state index contributed by atoms with van der Waals surface area (Å²) in [6.07, 6.45) is 8.99. The van der Waals surface area contributed by atoms with E-state index in [1.807, 2.05) is 0 Å². The zero-order valence-electron chi connectivity index (χ0n) is 12.5. The van der Waals surface area contributed by atoms with Gasteiger partial charge in [-0.2, -0.15) is 0 Å². The van der Waals surface area contributed by atoms with E-state index >= 15 is 0 Å². The Kier molecular flexibility index (Phi) is 3.05. The molecule has 5 aliphatic carbocycles. The number of carbonyl (C=O) groups is 2. The number of nitrogens with one attached hydrogen (secondary N) is 1. The van der Waals surface area contributed by atoms with Gasteiger partial charge in [-0.3, -0.25) is 9.59 Å². The van der Waals surface area contributed by atoms with Gasteiger partial charge >= 0.3 is 5.97 Å². The SMILES string of the molecule is O=C(CC1(C(=O)O)CCC1)NC1C2CC3CC(C2)CC1C3. The van der Waals surface area contributed by atoms with E-state index in [0.717, 1.165) is 18.3 Å². The third kappa shape index (κ3) is 2.18. The van der Waals surface area contributed by atoms with Crippen molar-refractivity contribution in [3.63, 3.8) is 0 Å². The van der Waals surface area contributed by atoms with E-state index in [1.54, 1.807) is 0 Å². The van der Waals surface area contributed by atoms with Crippen LogP contribution in [-0.4, -0.2) is 23.0 Å². The molecule has 1 amide bonds. The molecule has 0 atom stereocenters. The number of hydrogen-bond donors (Lipinski definition) is 2. The molecule has 5 fully saturated rings. The van der Waals surface area contributed by atoms with Gasteiger partial charge in [0.1, 0.15) is 0 Å². The van der Waals surface area contributed by atoms with Crippen LogP contribution in [-0.2, 0) is 9.59 Å². The first-order valence-corrected chi connectivity index (χ1v) is 8.58. The second kappa shape index (κ2) is 4.72. The first kappa shape index (κ1) is 13.6. The molecule has 116 valence electrons. The lowest BCUT2D eigenvalue weighted by atomic mass is 9.54. The van der Waals surface area contributed by atoms with E-state index in [4.69, 9.17) is 0 Å². The van der Waals surface area contributed by atoms with Gasteiger partial charge in [-0.1, -0.05) is 6.42 Å². The Labute approximate surface area is 125 Å². The van der Waals surface area contributed by atoms with Crippen LogP contribution in [0.15, 0.2) is 0 Å². The van der Waals surface area contributed by atoms with Crippen molar-refractivity contribution in [3.05, 3.63) is 0 Å². The fraction of sp³-hybridized carbons (Fsp3) is 0.882. The monoisotopic (exact) mass is 291 g/mol. The van der Waals surface area contributed by atoms with Crippen LogP contribution in [0, 0.1) is 29.1 Å². The number of rotatable bonds is 4. The maximum absolute atomic E-state index is 12.4. The lowest BCUT2D eigenvalue weighted by molar-refractivity contribution is -0.158. The van der Waals surface area contributed by atoms with Gasteiger partial charge in [0.25, 0.3) is 0 Å². The van der Waals surface area contributed by atoms with Gasteiger partial charge in [0, 0.05) is 12.5 Å². The van der Waals surface area contributed by atoms with Crippen molar-refractivity contribution in [1.29, 1.82) is 0 Å². The lowest BCUT2D eigenvalue weighted by Gasteiger charge is -2.54. The van der Waals surface area contributed by atoms with Crippen molar-refractivity contribution in [3.8, 4) is 0 Å². The molecule has 4 heteroatoms. The fourth-order valence-electron chi connectivity index (χ4n) is 5.77. The van der Waals surface area contributed by atoms with Crippen molar-refractivity contribution in [2.75, 3.05) is 0 Å². The normalized spacial score (nSPS) is 42.4. The minimum atomic E-state index is -0.783. The van der Waals surface area contributed by atoms with Crippen LogP contribution in [0.4, 0.5) is 0 Å². The molecule has 0 unspecified atom stereocenters. The Bertz CT molecular complexity index is 441. The summed E-state index contributed by atoms with van der Waals surface area (Å²) in [5, 5.41) is 12.6. The molecule has 0 saturated heterocycles. The standard InChI is InChI=1S/C17H25NO3/c19-14(9-17(16(20)21)2-1-3-17)18-15-12-5-10-4-11(7-12)8-13(15)6-10/h10-13,15H,1-9H2,(H,18,19)(H,20,21). The Hall–Kier alpha value is -1.06. The summed E-state index contributed by atoms with van der Waals surface area (Å²) in [5.74, 6) is 2.32. The van der Waals surface area contributed by atoms with Crippen molar-refractivity contribution in [1.82, 2.24) is 5.32 Å². The molecule has 21 heavy (non-hydrogen) atoms. The molecule has 0 radical (unpaired) electrons. The van der Waals surface area contributed by atoms with Crippen molar-refractivity contribution in [2.45, 2.75) is 63.8 Å². The van der Waals surface area contributed by atoms with Crippen LogP contribution in [0.1, 0.15) is 57.8 Å². The molecule has 4 nitrogen and oxygen atoms in total. The van der Waals surface area contributed by atoms with Crippen LogP contribution in [0.25, 0.3) is 0 Å². The van der Waals surface area contributed by atoms with Crippen LogP contribution in [0.5, 0.6) is 0 Å². The molecular formula is C17H25NO3. The summed E-state index contributed by atoms with van der Waals surface area (Å²) < 4.78 is 0. The average Bonchev–Trinajstić information content (AvgIpc) is 2.37. The summed E-state index contributed by atoms with van der Waals surface area (Å²) >= 11 is 0. The molecule has 0 spiro atoms. The lowest BCUT2D eigenvalue weighted by Crippen LogP contribution is -2.56. The van der Waals surface area contributed by atoms with Gasteiger partial charge in [0.2, 0.25) is 5.91 Å². The first-order valence-electron chi connectivity index (χ1n) is 8.58. The van der Waals surface area contributed by atoms with Gasteiger partial charge in [-0.25, -0.2) is 0 Å². The fourth-order valence-corrected chi connectivity index (χ4v) is 5.77. The van der Waals surface area contributed by atoms with E-state index in [-0.39, 0.29) is 12.3 Å². The van der Waals surface area contributed by atoms with Crippen molar-refractivity contribution < 1.29 is 14.7 Å². The number of aliphatic carboxylic acids is 1. The predicted octanol–water partition coefficient (Wildman–Crippen LogP) is 2.57. The first-order chi connectivity index (χ1) is 10.1. The smallest absolute Gasteiger partial charge is 0.310 e. The van der Waals surface area contributed by atoms with Gasteiger partial charge in [-0.15, -0.1) is 0 Å². The van der Waals surface area contributed by atoms with Crippen molar-refractivity contribution >= 4 is 11.9 Å². The second-order valence-electron chi connectivity index (χ2n) is 8.14. The largest absolute Gasteiger partial charge is 0.481 e. The topological polar surface area (TPSA) is 66.4 Å².